The second kappa shape index (κ2) is 24.6. The Hall–Kier alpha value is -3.34. The van der Waals surface area contributed by atoms with Gasteiger partial charge in [-0.25, -0.2) is 0 Å². The van der Waals surface area contributed by atoms with Gasteiger partial charge in [-0.05, 0) is 118 Å². The molecule has 3 aliphatic rings. The number of ether oxygens (including phenoxy) is 7. The van der Waals surface area contributed by atoms with Crippen LogP contribution >= 0.6 is 0 Å². The van der Waals surface area contributed by atoms with E-state index in [1.807, 2.05) is 44.4 Å². The number of carbonyl (C=O) groups is 1. The molecular formula is C50H85N7O13. The third-order valence-electron chi connectivity index (χ3n) is 15.3. The van der Waals surface area contributed by atoms with E-state index < -0.39 is 96.0 Å². The first-order chi connectivity index (χ1) is 32.8. The van der Waals surface area contributed by atoms with Crippen LogP contribution in [0.5, 0.6) is 5.75 Å². The summed E-state index contributed by atoms with van der Waals surface area (Å²) in [5.74, 6) is -2.04. The number of likely N-dealkylation sites (N-methyl/N-ethyl adjacent to an activating group) is 2. The summed E-state index contributed by atoms with van der Waals surface area (Å²) in [6.45, 7) is 19.9. The van der Waals surface area contributed by atoms with Crippen molar-refractivity contribution >= 4 is 11.7 Å². The summed E-state index contributed by atoms with van der Waals surface area (Å²) in [4.78, 5) is 21.3. The van der Waals surface area contributed by atoms with Gasteiger partial charge in [0.1, 0.15) is 35.8 Å². The molecule has 398 valence electrons. The van der Waals surface area contributed by atoms with Crippen LogP contribution in [-0.2, 0) is 46.2 Å². The Morgan fingerprint density at radius 3 is 2.30 bits per heavy atom. The minimum atomic E-state index is -1.83. The number of aliphatic hydroxyl groups is 5. The molecule has 0 amide bonds. The topological polar surface area (TPSA) is 259 Å². The molecule has 3 saturated heterocycles. The number of aromatic amines is 1. The number of benzene rings is 1. The monoisotopic (exact) mass is 992 g/mol. The molecule has 6 N–H and O–H groups in total. The number of hydrogen-bond acceptors (Lipinski definition) is 16. The molecule has 0 saturated carbocycles. The Morgan fingerprint density at radius 1 is 1.00 bits per heavy atom. The van der Waals surface area contributed by atoms with Crippen LogP contribution in [0, 0.1) is 17.8 Å². The van der Waals surface area contributed by atoms with Gasteiger partial charge in [-0.1, -0.05) is 25.9 Å². The van der Waals surface area contributed by atoms with Crippen molar-refractivity contribution in [2.45, 2.75) is 205 Å². The lowest BCUT2D eigenvalue weighted by Gasteiger charge is -2.49. The number of nitrogens with zero attached hydrogens (tertiary/aromatic N) is 6. The number of nitrogens with one attached hydrogen (secondary N) is 1. The van der Waals surface area contributed by atoms with E-state index in [1.165, 1.54) is 14.0 Å². The van der Waals surface area contributed by atoms with Crippen molar-refractivity contribution in [3.05, 3.63) is 46.6 Å². The van der Waals surface area contributed by atoms with E-state index in [0.29, 0.717) is 44.0 Å². The number of esters is 1. The van der Waals surface area contributed by atoms with Crippen molar-refractivity contribution in [3.63, 3.8) is 0 Å². The molecule has 20 heteroatoms. The number of aromatic nitrogens is 2. The zero-order valence-electron chi connectivity index (χ0n) is 43.8. The van der Waals surface area contributed by atoms with Crippen LogP contribution in [0.2, 0.25) is 0 Å². The predicted octanol–water partition coefficient (Wildman–Crippen LogP) is 5.05. The number of aliphatic hydroxyl groups excluding tert-OH is 3. The molecule has 3 fully saturated rings. The Labute approximate surface area is 414 Å². The fraction of sp³-hybridized carbons (Fsp3) is 0.820. The number of cyclic esters (lactones) is 1. The number of azide groups is 1. The first-order valence-corrected chi connectivity index (χ1v) is 25.1. The van der Waals surface area contributed by atoms with Gasteiger partial charge in [0.25, 0.3) is 0 Å². The summed E-state index contributed by atoms with van der Waals surface area (Å²) >= 11 is 0. The van der Waals surface area contributed by atoms with E-state index in [9.17, 15) is 30.3 Å². The Balaban J connectivity index is 1.36. The molecule has 20 nitrogen and oxygen atoms in total. The number of carbonyl (C=O) groups excluding carboxylic acids is 1. The van der Waals surface area contributed by atoms with Crippen molar-refractivity contribution in [2.75, 3.05) is 40.9 Å². The lowest BCUT2D eigenvalue weighted by molar-refractivity contribution is -0.318. The summed E-state index contributed by atoms with van der Waals surface area (Å²) in [6.07, 6.45) is -5.32. The number of hydrogen-bond donors (Lipinski definition) is 6. The van der Waals surface area contributed by atoms with Crippen molar-refractivity contribution in [1.82, 2.24) is 19.6 Å². The normalized spacial score (nSPS) is 39.7. The Bertz CT molecular complexity index is 1970. The SMILES string of the molecule is CC[C@H]1OC(=O)[C@H](C)[C@@H](O[C@H]2C[C@@](C)(OC)[C@@H](O)[C@H](C)O2)[C@H](C)[C@@H](O[C@@H]2O[C@H](C)C[C@H](N(C)CCc3cn(CCCOc4ccc(N=[N+]=[N-])cc4)[nH]3)[C@H]2O)[C@](C)(O)C[C@@H](C)CN(C)[C@H](C)[C@@H](O)[C@]1(C)O. The van der Waals surface area contributed by atoms with Gasteiger partial charge in [0.05, 0.1) is 53.8 Å². The van der Waals surface area contributed by atoms with E-state index in [0.717, 1.165) is 18.7 Å². The van der Waals surface area contributed by atoms with Gasteiger partial charge in [-0.15, -0.1) is 0 Å². The van der Waals surface area contributed by atoms with E-state index in [1.54, 1.807) is 65.8 Å². The van der Waals surface area contributed by atoms with Crippen LogP contribution in [0.25, 0.3) is 10.4 Å². The average molecular weight is 992 g/mol. The fourth-order valence-electron chi connectivity index (χ4n) is 10.8. The highest BCUT2D eigenvalue weighted by atomic mass is 16.7. The van der Waals surface area contributed by atoms with Crippen LogP contribution in [0.4, 0.5) is 5.69 Å². The maximum Gasteiger partial charge on any atom is 0.311 e. The van der Waals surface area contributed by atoms with Crippen molar-refractivity contribution in [1.29, 1.82) is 0 Å². The van der Waals surface area contributed by atoms with Crippen LogP contribution in [0.1, 0.15) is 107 Å². The highest BCUT2D eigenvalue weighted by Crippen LogP contribution is 2.40. The van der Waals surface area contributed by atoms with Crippen molar-refractivity contribution in [2.24, 2.45) is 22.9 Å². The number of rotatable bonds is 16. The first kappa shape index (κ1) is 57.6. The maximum atomic E-state index is 14.5. The molecule has 0 spiro atoms. The molecular weight excluding hydrogens is 907 g/mol. The standard InChI is InChI=1S/C50H85N7O13/c1-14-39-50(10,63)43(59)33(6)56(12)27-29(2)25-48(8,62)45(31(4)42(32(5)46(61)68-39)69-40-26-49(9,64-13)44(60)34(7)67-40)70-47-41(58)38(24-30(3)66-47)55(11)22-20-36-28-57(53-36)21-15-23-65-37-18-16-35(17-19-37)52-54-51/h16-19,28-34,38-45,47,53,58-60,62-63H,14-15,20-27H2,1-13H3/t29-,30-,31+,32-,33-,34+,38+,39-,40+,41-,42+,43-,44+,45-,47+,48-,49-,50-/m1/s1. The molecule has 4 heterocycles. The molecule has 1 aromatic carbocycles. The Kier molecular flexibility index (Phi) is 20.2. The summed E-state index contributed by atoms with van der Waals surface area (Å²) in [6, 6.07) is 6.01. The van der Waals surface area contributed by atoms with Gasteiger partial charge >= 0.3 is 5.97 Å². The lowest BCUT2D eigenvalue weighted by Crippen LogP contribution is -2.61. The summed E-state index contributed by atoms with van der Waals surface area (Å²) < 4.78 is 46.1. The van der Waals surface area contributed by atoms with Gasteiger partial charge in [-0.2, -0.15) is 0 Å². The van der Waals surface area contributed by atoms with E-state index in [2.05, 4.69) is 26.2 Å². The second-order valence-electron chi connectivity index (χ2n) is 21.3. The highest BCUT2D eigenvalue weighted by molar-refractivity contribution is 5.73. The van der Waals surface area contributed by atoms with E-state index >= 15 is 0 Å². The van der Waals surface area contributed by atoms with Gasteiger partial charge in [0, 0.05) is 80.8 Å². The number of H-pyrrole nitrogens is 1. The van der Waals surface area contributed by atoms with Crippen LogP contribution in [0.3, 0.4) is 0 Å². The Morgan fingerprint density at radius 2 is 1.67 bits per heavy atom. The average Bonchev–Trinajstić information content (AvgIpc) is 3.29. The molecule has 2 aromatic rings. The third-order valence-corrected chi connectivity index (χ3v) is 15.3. The molecule has 0 radical (unpaired) electrons. The van der Waals surface area contributed by atoms with Crippen LogP contribution in [-0.4, -0.2) is 182 Å². The van der Waals surface area contributed by atoms with Gasteiger partial charge < -0.3 is 73.6 Å². The zero-order valence-corrected chi connectivity index (χ0v) is 43.8. The number of aryl methyl sites for hydroxylation is 1. The van der Waals surface area contributed by atoms with Gasteiger partial charge in [0.2, 0.25) is 0 Å². The maximum absolute atomic E-state index is 14.5. The lowest BCUT2D eigenvalue weighted by atomic mass is 9.77. The van der Waals surface area contributed by atoms with Crippen molar-refractivity contribution < 1.29 is 63.5 Å². The molecule has 3 aliphatic heterocycles. The van der Waals surface area contributed by atoms with E-state index in [-0.39, 0.29) is 37.3 Å². The van der Waals surface area contributed by atoms with Crippen LogP contribution < -0.4 is 4.74 Å². The minimum Gasteiger partial charge on any atom is -0.494 e. The summed E-state index contributed by atoms with van der Waals surface area (Å²) in [5.41, 5.74) is 5.69. The zero-order chi connectivity index (χ0) is 51.9. The summed E-state index contributed by atoms with van der Waals surface area (Å²) in [5, 5.41) is 66.5. The molecule has 0 aliphatic carbocycles. The van der Waals surface area contributed by atoms with E-state index in [4.69, 9.17) is 38.7 Å². The third kappa shape index (κ3) is 14.0. The quantitative estimate of drug-likeness (QED) is 0.0423. The molecule has 0 bridgehead atoms. The highest BCUT2D eigenvalue weighted by Gasteiger charge is 2.53. The van der Waals surface area contributed by atoms with Crippen LogP contribution in [0.15, 0.2) is 35.6 Å². The van der Waals surface area contributed by atoms with Crippen molar-refractivity contribution in [3.8, 4) is 5.75 Å². The molecule has 70 heavy (non-hydrogen) atoms. The smallest absolute Gasteiger partial charge is 0.311 e. The molecule has 18 atom stereocenters. The second-order valence-corrected chi connectivity index (χ2v) is 21.3. The minimum absolute atomic E-state index is 0.107. The summed E-state index contributed by atoms with van der Waals surface area (Å²) in [7, 11) is 5.31. The molecule has 5 rings (SSSR count). The molecule has 0 unspecified atom stereocenters. The van der Waals surface area contributed by atoms with Gasteiger partial charge in [0.15, 0.2) is 12.6 Å². The van der Waals surface area contributed by atoms with Gasteiger partial charge in [-0.3, -0.25) is 9.48 Å². The number of methoxy groups -OCH3 is 1. The predicted molar refractivity (Wildman–Crippen MR) is 261 cm³/mol. The largest absolute Gasteiger partial charge is 0.494 e. The fourth-order valence-corrected chi connectivity index (χ4v) is 10.8. The molecule has 1 aromatic heterocycles. The first-order valence-electron chi connectivity index (χ1n) is 25.1.